The molecule has 1 amide bonds. The molecule has 1 saturated heterocycles. The fourth-order valence-electron chi connectivity index (χ4n) is 3.93. The van der Waals surface area contributed by atoms with Crippen LogP contribution < -0.4 is 10.6 Å². The molecule has 2 fully saturated rings. The highest BCUT2D eigenvalue weighted by Gasteiger charge is 2.26. The summed E-state index contributed by atoms with van der Waals surface area (Å²) in [5, 5.41) is 6.31. The average molecular weight is 367 g/mol. The lowest BCUT2D eigenvalue weighted by atomic mass is 9.87. The number of methoxy groups -OCH3 is 1. The van der Waals surface area contributed by atoms with E-state index in [9.17, 15) is 9.59 Å². The van der Waals surface area contributed by atoms with E-state index < -0.39 is 0 Å². The van der Waals surface area contributed by atoms with Gasteiger partial charge in [-0.3, -0.25) is 14.6 Å². The van der Waals surface area contributed by atoms with Crippen LogP contribution in [0.1, 0.15) is 51.4 Å². The number of aliphatic imine (C=N–C) groups is 1. The molecule has 26 heavy (non-hydrogen) atoms. The van der Waals surface area contributed by atoms with Crippen LogP contribution in [0.5, 0.6) is 0 Å². The molecule has 0 atom stereocenters. The Morgan fingerprint density at radius 1 is 1.04 bits per heavy atom. The van der Waals surface area contributed by atoms with Gasteiger partial charge in [0.1, 0.15) is 0 Å². The maximum absolute atomic E-state index is 12.0. The van der Waals surface area contributed by atoms with Gasteiger partial charge in [0.05, 0.1) is 13.0 Å². The summed E-state index contributed by atoms with van der Waals surface area (Å²) in [6.07, 6.45) is 8.47. The second-order valence-electron chi connectivity index (χ2n) is 7.32. The summed E-state index contributed by atoms with van der Waals surface area (Å²) in [7, 11) is 3.20. The van der Waals surface area contributed by atoms with Gasteiger partial charge in [-0.25, -0.2) is 0 Å². The largest absolute Gasteiger partial charge is 0.469 e. The second kappa shape index (κ2) is 11.0. The van der Waals surface area contributed by atoms with Crippen LogP contribution >= 0.6 is 0 Å². The average Bonchev–Trinajstić information content (AvgIpc) is 2.68. The number of guanidine groups is 1. The van der Waals surface area contributed by atoms with E-state index in [0.29, 0.717) is 25.4 Å². The summed E-state index contributed by atoms with van der Waals surface area (Å²) in [4.78, 5) is 30.1. The molecular formula is C19H34N4O3. The van der Waals surface area contributed by atoms with E-state index in [-0.39, 0.29) is 17.8 Å². The van der Waals surface area contributed by atoms with E-state index in [2.05, 4.69) is 20.5 Å². The zero-order valence-electron chi connectivity index (χ0n) is 16.3. The normalized spacial score (nSPS) is 19.9. The van der Waals surface area contributed by atoms with Crippen molar-refractivity contribution in [1.29, 1.82) is 0 Å². The fraction of sp³-hybridized carbons (Fsp3) is 0.842. The Bertz CT molecular complexity index is 481. The van der Waals surface area contributed by atoms with Crippen LogP contribution in [0.2, 0.25) is 0 Å². The third-order valence-electron chi connectivity index (χ3n) is 5.47. The first-order valence-electron chi connectivity index (χ1n) is 9.94. The van der Waals surface area contributed by atoms with Crippen molar-refractivity contribution in [2.75, 3.05) is 40.3 Å². The predicted molar refractivity (Wildman–Crippen MR) is 102 cm³/mol. The number of hydrogen-bond donors (Lipinski definition) is 2. The Hall–Kier alpha value is -1.79. The fourth-order valence-corrected chi connectivity index (χ4v) is 3.93. The van der Waals surface area contributed by atoms with Gasteiger partial charge in [-0.15, -0.1) is 0 Å². The molecule has 0 unspecified atom stereocenters. The highest BCUT2D eigenvalue weighted by Crippen LogP contribution is 2.26. The number of carbonyl (C=O) groups is 2. The van der Waals surface area contributed by atoms with Gasteiger partial charge in [0.25, 0.3) is 0 Å². The lowest BCUT2D eigenvalue weighted by Crippen LogP contribution is -2.48. The first-order chi connectivity index (χ1) is 12.6. The SMILES string of the molecule is CN=C(NCCNC(=O)CC1CCCCC1)N1CCC(C(=O)OC)CC1. The number of rotatable bonds is 6. The standard InChI is InChI=1S/C19H34N4O3/c1-20-19(23-12-8-16(9-13-23)18(25)26-2)22-11-10-21-17(24)14-15-6-4-3-5-7-15/h15-16H,3-14H2,1-2H3,(H,20,22)(H,21,24). The number of amides is 1. The molecule has 148 valence electrons. The van der Waals surface area contributed by atoms with Gasteiger partial charge in [0, 0.05) is 39.6 Å². The van der Waals surface area contributed by atoms with Crippen molar-refractivity contribution in [3.05, 3.63) is 0 Å². The quantitative estimate of drug-likeness (QED) is 0.322. The highest BCUT2D eigenvalue weighted by atomic mass is 16.5. The van der Waals surface area contributed by atoms with E-state index in [1.54, 1.807) is 7.05 Å². The van der Waals surface area contributed by atoms with Gasteiger partial charge in [0.15, 0.2) is 5.96 Å². The molecule has 0 aromatic heterocycles. The van der Waals surface area contributed by atoms with Gasteiger partial charge in [-0.2, -0.15) is 0 Å². The molecule has 0 spiro atoms. The topological polar surface area (TPSA) is 83.0 Å². The van der Waals surface area contributed by atoms with Crippen molar-refractivity contribution < 1.29 is 14.3 Å². The molecule has 0 aromatic carbocycles. The monoisotopic (exact) mass is 366 g/mol. The summed E-state index contributed by atoms with van der Waals surface area (Å²) < 4.78 is 4.82. The first kappa shape index (κ1) is 20.5. The number of carbonyl (C=O) groups excluding carboxylic acids is 2. The van der Waals surface area contributed by atoms with Crippen molar-refractivity contribution >= 4 is 17.8 Å². The molecule has 7 nitrogen and oxygen atoms in total. The smallest absolute Gasteiger partial charge is 0.308 e. The third kappa shape index (κ3) is 6.50. The second-order valence-corrected chi connectivity index (χ2v) is 7.32. The zero-order chi connectivity index (χ0) is 18.8. The Morgan fingerprint density at radius 2 is 1.69 bits per heavy atom. The number of esters is 1. The van der Waals surface area contributed by atoms with Crippen molar-refractivity contribution in [3.63, 3.8) is 0 Å². The van der Waals surface area contributed by atoms with Crippen molar-refractivity contribution in [3.8, 4) is 0 Å². The number of nitrogens with zero attached hydrogens (tertiary/aromatic N) is 2. The Kier molecular flexibility index (Phi) is 8.71. The van der Waals surface area contributed by atoms with Crippen molar-refractivity contribution in [2.45, 2.75) is 51.4 Å². The molecule has 2 N–H and O–H groups in total. The van der Waals surface area contributed by atoms with E-state index in [1.807, 2.05) is 0 Å². The summed E-state index contributed by atoms with van der Waals surface area (Å²) in [5.74, 6) is 1.43. The molecule has 0 bridgehead atoms. The molecule has 1 aliphatic heterocycles. The predicted octanol–water partition coefficient (Wildman–Crippen LogP) is 1.53. The summed E-state index contributed by atoms with van der Waals surface area (Å²) in [6, 6.07) is 0. The number of ether oxygens (including phenoxy) is 1. The lowest BCUT2D eigenvalue weighted by molar-refractivity contribution is -0.146. The number of hydrogen-bond acceptors (Lipinski definition) is 4. The minimum absolute atomic E-state index is 0.00608. The molecule has 2 aliphatic rings. The van der Waals surface area contributed by atoms with Crippen LogP contribution in [-0.4, -0.2) is 63.1 Å². The number of likely N-dealkylation sites (tertiary alicyclic amines) is 1. The minimum atomic E-state index is -0.117. The van der Waals surface area contributed by atoms with E-state index >= 15 is 0 Å². The van der Waals surface area contributed by atoms with Crippen molar-refractivity contribution in [1.82, 2.24) is 15.5 Å². The minimum Gasteiger partial charge on any atom is -0.469 e. The number of piperidine rings is 1. The van der Waals surface area contributed by atoms with Crippen molar-refractivity contribution in [2.24, 2.45) is 16.8 Å². The maximum atomic E-state index is 12.0. The Balaban J connectivity index is 1.61. The summed E-state index contributed by atoms with van der Waals surface area (Å²) in [6.45, 7) is 2.82. The molecule has 7 heteroatoms. The molecule has 1 heterocycles. The number of nitrogens with one attached hydrogen (secondary N) is 2. The van der Waals surface area contributed by atoms with Crippen LogP contribution in [0.3, 0.4) is 0 Å². The highest BCUT2D eigenvalue weighted by molar-refractivity contribution is 5.80. The molecule has 1 aliphatic carbocycles. The van der Waals surface area contributed by atoms with Crippen LogP contribution in [0.25, 0.3) is 0 Å². The third-order valence-corrected chi connectivity index (χ3v) is 5.47. The zero-order valence-corrected chi connectivity index (χ0v) is 16.3. The Labute approximate surface area is 156 Å². The van der Waals surface area contributed by atoms with Crippen LogP contribution in [0.15, 0.2) is 4.99 Å². The van der Waals surface area contributed by atoms with E-state index in [4.69, 9.17) is 4.74 Å². The van der Waals surface area contributed by atoms with E-state index in [0.717, 1.165) is 31.9 Å². The Morgan fingerprint density at radius 3 is 2.31 bits per heavy atom. The molecule has 0 radical (unpaired) electrons. The molecule has 2 rings (SSSR count). The first-order valence-corrected chi connectivity index (χ1v) is 9.94. The van der Waals surface area contributed by atoms with Crippen LogP contribution in [0.4, 0.5) is 0 Å². The summed E-state index contributed by atoms with van der Waals surface area (Å²) >= 11 is 0. The maximum Gasteiger partial charge on any atom is 0.308 e. The molecule has 1 saturated carbocycles. The molecule has 0 aromatic rings. The van der Waals surface area contributed by atoms with Gasteiger partial charge >= 0.3 is 5.97 Å². The van der Waals surface area contributed by atoms with E-state index in [1.165, 1.54) is 39.2 Å². The lowest BCUT2D eigenvalue weighted by Gasteiger charge is -2.33. The summed E-state index contributed by atoms with van der Waals surface area (Å²) in [5.41, 5.74) is 0. The van der Waals surface area contributed by atoms with Gasteiger partial charge in [0.2, 0.25) is 5.91 Å². The van der Waals surface area contributed by atoms with Gasteiger partial charge in [-0.05, 0) is 31.6 Å². The molecular weight excluding hydrogens is 332 g/mol. The van der Waals surface area contributed by atoms with Gasteiger partial charge in [-0.1, -0.05) is 19.3 Å². The van der Waals surface area contributed by atoms with Gasteiger partial charge < -0.3 is 20.3 Å². The van der Waals surface area contributed by atoms with Crippen LogP contribution in [0, 0.1) is 11.8 Å². The van der Waals surface area contributed by atoms with Crippen LogP contribution in [-0.2, 0) is 14.3 Å².